The molecule has 1 aliphatic heterocycles. The molecule has 6 heteroatoms. The Morgan fingerprint density at radius 2 is 1.81 bits per heavy atom. The number of benzene rings is 2. The maximum Gasteiger partial charge on any atom is 0.234 e. The summed E-state index contributed by atoms with van der Waals surface area (Å²) in [5.41, 5.74) is 4.85. The maximum atomic E-state index is 12.6. The van der Waals surface area contributed by atoms with Crippen LogP contribution in [0, 0.1) is 19.8 Å². The molecule has 1 N–H and O–H groups in total. The molecule has 31 heavy (non-hydrogen) atoms. The standard InChI is InChI=1S/C25H28BrN3OS/c1-16-10-12-25(13-11-16)28-23(19-5-7-20(26)8-6-19)24(29-25)31-15-22(30)27-21-9-4-17(2)18(3)14-21/h4-9,14,16H,10-13,15H2,1-3H3,(H,27,30). The van der Waals surface area contributed by atoms with E-state index in [1.165, 1.54) is 22.9 Å². The summed E-state index contributed by atoms with van der Waals surface area (Å²) in [7, 11) is 0. The summed E-state index contributed by atoms with van der Waals surface area (Å²) in [6.07, 6.45) is 4.25. The predicted molar refractivity (Wildman–Crippen MR) is 135 cm³/mol. The lowest BCUT2D eigenvalue weighted by molar-refractivity contribution is -0.113. The molecule has 2 aromatic carbocycles. The molecule has 1 aliphatic carbocycles. The summed E-state index contributed by atoms with van der Waals surface area (Å²) < 4.78 is 1.04. The van der Waals surface area contributed by atoms with Crippen LogP contribution in [0.1, 0.15) is 49.3 Å². The second-order valence-corrected chi connectivity index (χ2v) is 10.6. The van der Waals surface area contributed by atoms with E-state index < -0.39 is 0 Å². The largest absolute Gasteiger partial charge is 0.325 e. The van der Waals surface area contributed by atoms with Crippen molar-refractivity contribution in [1.82, 2.24) is 0 Å². The molecule has 4 nitrogen and oxygen atoms in total. The van der Waals surface area contributed by atoms with Crippen molar-refractivity contribution >= 4 is 50.0 Å². The smallest absolute Gasteiger partial charge is 0.234 e. The average Bonchev–Trinajstić information content (AvgIpc) is 3.10. The zero-order valence-corrected chi connectivity index (χ0v) is 20.6. The van der Waals surface area contributed by atoms with Gasteiger partial charge in [-0.3, -0.25) is 9.79 Å². The molecule has 0 unspecified atom stereocenters. The van der Waals surface area contributed by atoms with Crippen molar-refractivity contribution in [3.8, 4) is 0 Å². The van der Waals surface area contributed by atoms with Crippen molar-refractivity contribution in [3.63, 3.8) is 0 Å². The van der Waals surface area contributed by atoms with Gasteiger partial charge in [-0.25, -0.2) is 4.99 Å². The molecule has 0 saturated heterocycles. The molecule has 0 radical (unpaired) electrons. The Morgan fingerprint density at radius 1 is 1.10 bits per heavy atom. The van der Waals surface area contributed by atoms with E-state index in [0.29, 0.717) is 5.75 Å². The number of aliphatic imine (C=N–C) groups is 2. The van der Waals surface area contributed by atoms with Crippen LogP contribution in [0.25, 0.3) is 0 Å². The topological polar surface area (TPSA) is 53.8 Å². The molecule has 0 bridgehead atoms. The third-order valence-corrected chi connectivity index (χ3v) is 7.65. The summed E-state index contributed by atoms with van der Waals surface area (Å²) in [6, 6.07) is 14.2. The fourth-order valence-corrected chi connectivity index (χ4v) is 5.16. The predicted octanol–water partition coefficient (Wildman–Crippen LogP) is 6.55. The van der Waals surface area contributed by atoms with Crippen LogP contribution in [0.2, 0.25) is 0 Å². The van der Waals surface area contributed by atoms with Crippen LogP contribution >= 0.6 is 27.7 Å². The Labute approximate surface area is 197 Å². The lowest BCUT2D eigenvalue weighted by atomic mass is 9.83. The molecule has 1 saturated carbocycles. The Hall–Kier alpha value is -1.92. The van der Waals surface area contributed by atoms with Crippen LogP contribution in [-0.4, -0.2) is 28.1 Å². The van der Waals surface area contributed by atoms with Gasteiger partial charge >= 0.3 is 0 Å². The second kappa shape index (κ2) is 9.29. The molecule has 2 aliphatic rings. The zero-order chi connectivity index (χ0) is 22.0. The van der Waals surface area contributed by atoms with E-state index in [1.807, 2.05) is 30.3 Å². The quantitative estimate of drug-likeness (QED) is 0.520. The van der Waals surface area contributed by atoms with Gasteiger partial charge in [0, 0.05) is 15.7 Å². The molecule has 2 aromatic rings. The van der Waals surface area contributed by atoms with Crippen molar-refractivity contribution in [3.05, 3.63) is 63.6 Å². The highest BCUT2D eigenvalue weighted by Crippen LogP contribution is 2.40. The van der Waals surface area contributed by atoms with Crippen molar-refractivity contribution in [1.29, 1.82) is 0 Å². The highest BCUT2D eigenvalue weighted by molar-refractivity contribution is 9.10. The van der Waals surface area contributed by atoms with E-state index in [0.717, 1.165) is 58.1 Å². The first kappa shape index (κ1) is 22.3. The molecule has 1 amide bonds. The highest BCUT2D eigenvalue weighted by Gasteiger charge is 2.39. The fourth-order valence-electron chi connectivity index (χ4n) is 4.02. The van der Waals surface area contributed by atoms with E-state index in [-0.39, 0.29) is 11.6 Å². The van der Waals surface area contributed by atoms with Crippen molar-refractivity contribution in [2.24, 2.45) is 15.9 Å². The van der Waals surface area contributed by atoms with Gasteiger partial charge in [-0.1, -0.05) is 52.8 Å². The Morgan fingerprint density at radius 3 is 2.48 bits per heavy atom. The number of nitrogens with one attached hydrogen (secondary N) is 1. The number of carbonyl (C=O) groups excluding carboxylic acids is 1. The van der Waals surface area contributed by atoms with Gasteiger partial charge < -0.3 is 5.32 Å². The van der Waals surface area contributed by atoms with Gasteiger partial charge in [0.1, 0.15) is 5.04 Å². The molecule has 1 spiro atoms. The summed E-state index contributed by atoms with van der Waals surface area (Å²) in [4.78, 5) is 22.8. The van der Waals surface area contributed by atoms with Gasteiger partial charge in [-0.2, -0.15) is 0 Å². The highest BCUT2D eigenvalue weighted by atomic mass is 79.9. The summed E-state index contributed by atoms with van der Waals surface area (Å²) in [5.74, 6) is 1.02. The first-order chi connectivity index (χ1) is 14.8. The van der Waals surface area contributed by atoms with Gasteiger partial charge in [-0.15, -0.1) is 0 Å². The van der Waals surface area contributed by atoms with Gasteiger partial charge in [0.25, 0.3) is 0 Å². The van der Waals surface area contributed by atoms with Gasteiger partial charge in [0.05, 0.1) is 11.5 Å². The minimum atomic E-state index is -0.345. The van der Waals surface area contributed by atoms with E-state index in [2.05, 4.69) is 54.2 Å². The van der Waals surface area contributed by atoms with Crippen LogP contribution in [-0.2, 0) is 4.79 Å². The van der Waals surface area contributed by atoms with Crippen LogP contribution in [0.15, 0.2) is 56.9 Å². The minimum absolute atomic E-state index is 0.0238. The first-order valence-electron chi connectivity index (χ1n) is 10.8. The molecular weight excluding hydrogens is 470 g/mol. The van der Waals surface area contributed by atoms with Crippen LogP contribution in [0.3, 0.4) is 0 Å². The van der Waals surface area contributed by atoms with E-state index in [9.17, 15) is 4.79 Å². The first-order valence-corrected chi connectivity index (χ1v) is 12.6. The Kier molecular flexibility index (Phi) is 6.68. The second-order valence-electron chi connectivity index (χ2n) is 8.69. The molecule has 162 valence electrons. The summed E-state index contributed by atoms with van der Waals surface area (Å²) >= 11 is 5.00. The van der Waals surface area contributed by atoms with E-state index in [4.69, 9.17) is 9.98 Å². The van der Waals surface area contributed by atoms with Crippen molar-refractivity contribution in [2.75, 3.05) is 11.1 Å². The number of halogens is 1. The fraction of sp³-hybridized carbons (Fsp3) is 0.400. The van der Waals surface area contributed by atoms with Gasteiger partial charge in [0.2, 0.25) is 5.91 Å². The van der Waals surface area contributed by atoms with Crippen molar-refractivity contribution < 1.29 is 4.79 Å². The lowest BCUT2D eigenvalue weighted by Crippen LogP contribution is -2.28. The van der Waals surface area contributed by atoms with E-state index in [1.54, 1.807) is 0 Å². The number of thioether (sulfide) groups is 1. The molecule has 0 atom stereocenters. The number of aryl methyl sites for hydroxylation is 2. The lowest BCUT2D eigenvalue weighted by Gasteiger charge is -2.30. The summed E-state index contributed by atoms with van der Waals surface area (Å²) in [6.45, 7) is 6.43. The van der Waals surface area contributed by atoms with E-state index >= 15 is 0 Å². The molecule has 1 heterocycles. The Balaban J connectivity index is 1.50. The number of hydrogen-bond donors (Lipinski definition) is 1. The third kappa shape index (κ3) is 5.29. The number of rotatable bonds is 4. The molecular formula is C25H28BrN3OS. The van der Waals surface area contributed by atoms with Crippen LogP contribution < -0.4 is 5.32 Å². The average molecular weight is 498 g/mol. The molecule has 1 fully saturated rings. The number of carbonyl (C=O) groups is 1. The van der Waals surface area contributed by atoms with Crippen LogP contribution in [0.4, 0.5) is 5.69 Å². The maximum absolute atomic E-state index is 12.6. The number of anilines is 1. The monoisotopic (exact) mass is 497 g/mol. The Bertz CT molecular complexity index is 1040. The van der Waals surface area contributed by atoms with Gasteiger partial charge in [-0.05, 0) is 80.8 Å². The normalized spacial score (nSPS) is 22.9. The summed E-state index contributed by atoms with van der Waals surface area (Å²) in [5, 5.41) is 3.89. The van der Waals surface area contributed by atoms with Crippen molar-refractivity contribution in [2.45, 2.75) is 52.1 Å². The zero-order valence-electron chi connectivity index (χ0n) is 18.2. The SMILES string of the molecule is Cc1ccc(NC(=O)CSC2=NC3(CCC(C)CC3)N=C2c2ccc(Br)cc2)cc1C. The third-order valence-electron chi connectivity index (χ3n) is 6.16. The van der Waals surface area contributed by atoms with Crippen LogP contribution in [0.5, 0.6) is 0 Å². The minimum Gasteiger partial charge on any atom is -0.325 e. The van der Waals surface area contributed by atoms with Gasteiger partial charge in [0.15, 0.2) is 5.66 Å². The number of hydrogen-bond acceptors (Lipinski definition) is 4. The molecule has 4 rings (SSSR count). The number of nitrogens with zero attached hydrogens (tertiary/aromatic N) is 2. The number of amides is 1. The molecule has 0 aromatic heterocycles.